The Hall–Kier alpha value is -5.98. The van der Waals surface area contributed by atoms with Gasteiger partial charge in [0.15, 0.2) is 0 Å². The fourth-order valence-corrected chi connectivity index (χ4v) is 8.26. The van der Waals surface area contributed by atoms with Gasteiger partial charge in [-0.1, -0.05) is 165 Å². The highest BCUT2D eigenvalue weighted by Gasteiger charge is 2.31. The lowest BCUT2D eigenvalue weighted by atomic mass is 9.81. The van der Waals surface area contributed by atoms with Gasteiger partial charge in [0, 0.05) is 0 Å². The van der Waals surface area contributed by atoms with Crippen LogP contribution in [0.15, 0.2) is 165 Å². The van der Waals surface area contributed by atoms with Crippen molar-refractivity contribution in [2.24, 2.45) is 0 Å². The van der Waals surface area contributed by atoms with E-state index in [1.165, 1.54) is 88.3 Å². The topological polar surface area (TPSA) is 0 Å². The summed E-state index contributed by atoms with van der Waals surface area (Å²) in [5.74, 6) is 0. The third kappa shape index (κ3) is 4.99. The first-order valence-electron chi connectivity index (χ1n) is 17.6. The van der Waals surface area contributed by atoms with Crippen LogP contribution in [-0.4, -0.2) is 0 Å². The van der Waals surface area contributed by atoms with Crippen molar-refractivity contribution >= 4 is 38.8 Å². The SMILES string of the molecule is C=C/C=C(\C=C/C)c1c2c(c(-c3ccccc3)c3cc(-c4cccc5c4C=CCC5)ccc13)-c1cccc3c(C(/C=C\C)=C/C=C)ccc-2c13. The molecule has 0 spiro atoms. The van der Waals surface area contributed by atoms with Crippen molar-refractivity contribution in [2.75, 3.05) is 0 Å². The van der Waals surface area contributed by atoms with Gasteiger partial charge in [0.2, 0.25) is 0 Å². The molecule has 6 aromatic carbocycles. The van der Waals surface area contributed by atoms with Crippen LogP contribution in [0.3, 0.4) is 0 Å². The van der Waals surface area contributed by atoms with Crippen molar-refractivity contribution in [1.82, 2.24) is 0 Å². The minimum absolute atomic E-state index is 1.08. The second kappa shape index (κ2) is 13.1. The van der Waals surface area contributed by atoms with Gasteiger partial charge in [-0.15, -0.1) is 0 Å². The van der Waals surface area contributed by atoms with E-state index in [1.54, 1.807) is 0 Å². The summed E-state index contributed by atoms with van der Waals surface area (Å²) in [5, 5.41) is 5.05. The molecule has 0 N–H and O–H groups in total. The van der Waals surface area contributed by atoms with Crippen LogP contribution in [0, 0.1) is 0 Å². The molecule has 6 aromatic rings. The monoisotopic (exact) mass is 640 g/mol. The van der Waals surface area contributed by atoms with E-state index in [4.69, 9.17) is 0 Å². The Bertz CT molecular complexity index is 2510. The largest absolute Gasteiger partial charge is 0.0990 e. The number of fused-ring (bicyclic) bond motifs is 5. The minimum atomic E-state index is 1.08. The molecule has 0 nitrogen and oxygen atoms in total. The van der Waals surface area contributed by atoms with Crippen LogP contribution in [0.4, 0.5) is 0 Å². The van der Waals surface area contributed by atoms with Crippen LogP contribution in [0.1, 0.15) is 42.5 Å². The van der Waals surface area contributed by atoms with Crippen molar-refractivity contribution in [3.63, 3.8) is 0 Å². The van der Waals surface area contributed by atoms with Gasteiger partial charge in [-0.3, -0.25) is 0 Å². The summed E-state index contributed by atoms with van der Waals surface area (Å²) in [5.41, 5.74) is 17.7. The van der Waals surface area contributed by atoms with Crippen molar-refractivity contribution in [1.29, 1.82) is 0 Å². The predicted octanol–water partition coefficient (Wildman–Crippen LogP) is 14.2. The van der Waals surface area contributed by atoms with Gasteiger partial charge in [0.1, 0.15) is 0 Å². The van der Waals surface area contributed by atoms with Gasteiger partial charge in [-0.2, -0.15) is 0 Å². The number of allylic oxidation sites excluding steroid dienone is 11. The Morgan fingerprint density at radius 1 is 0.600 bits per heavy atom. The quantitative estimate of drug-likeness (QED) is 0.145. The van der Waals surface area contributed by atoms with Crippen LogP contribution >= 0.6 is 0 Å². The fraction of sp³-hybridized carbons (Fsp3) is 0.0800. The van der Waals surface area contributed by atoms with Crippen molar-refractivity contribution in [3.05, 3.63) is 187 Å². The smallest absolute Gasteiger partial charge is 0.000741 e. The molecule has 50 heavy (non-hydrogen) atoms. The lowest BCUT2D eigenvalue weighted by Gasteiger charge is -2.22. The first-order chi connectivity index (χ1) is 24.7. The Balaban J connectivity index is 1.56. The molecule has 0 aromatic heterocycles. The summed E-state index contributed by atoms with van der Waals surface area (Å²) in [6.07, 6.45) is 23.5. The maximum absolute atomic E-state index is 4.15. The standard InChI is InChI=1S/C50H40/c1-5-16-33(17-6-2)40-30-31-44-48-41(40)26-15-27-43(48)49-47(36-21-10-9-11-22-36)45-32-37(39-25-14-23-34-20-12-13-24-38(34)39)28-29-42(45)46(50(44)49)35(18-7-3)19-8-4/h5-11,13-19,21-32H,1,3,12,20H2,2,4H3/b17-6-,19-8-,33-16+,35-18+. The highest BCUT2D eigenvalue weighted by Crippen LogP contribution is 2.57. The summed E-state index contributed by atoms with van der Waals surface area (Å²) in [4.78, 5) is 0. The predicted molar refractivity (Wildman–Crippen MR) is 220 cm³/mol. The average molecular weight is 641 g/mol. The van der Waals surface area contributed by atoms with Crippen LogP contribution < -0.4 is 0 Å². The van der Waals surface area contributed by atoms with Gasteiger partial charge < -0.3 is 0 Å². The number of hydrogen-bond acceptors (Lipinski definition) is 0. The molecular formula is C50H40. The molecular weight excluding hydrogens is 601 g/mol. The highest BCUT2D eigenvalue weighted by atomic mass is 14.3. The van der Waals surface area contributed by atoms with E-state index in [9.17, 15) is 0 Å². The lowest BCUT2D eigenvalue weighted by molar-refractivity contribution is 0.986. The molecule has 0 heterocycles. The van der Waals surface area contributed by atoms with Crippen LogP contribution in [-0.2, 0) is 6.42 Å². The zero-order valence-electron chi connectivity index (χ0n) is 28.8. The van der Waals surface area contributed by atoms with Gasteiger partial charge in [0.25, 0.3) is 0 Å². The second-order valence-electron chi connectivity index (χ2n) is 13.1. The number of rotatable bonds is 8. The highest BCUT2D eigenvalue weighted by molar-refractivity contribution is 6.27. The van der Waals surface area contributed by atoms with Crippen molar-refractivity contribution < 1.29 is 0 Å². The molecule has 0 unspecified atom stereocenters. The molecule has 0 aliphatic heterocycles. The maximum atomic E-state index is 4.15. The number of aryl methyl sites for hydroxylation is 1. The molecule has 8 rings (SSSR count). The van der Waals surface area contributed by atoms with E-state index in [2.05, 4.69) is 173 Å². The van der Waals surface area contributed by atoms with E-state index in [-0.39, 0.29) is 0 Å². The molecule has 240 valence electrons. The van der Waals surface area contributed by atoms with Crippen LogP contribution in [0.2, 0.25) is 0 Å². The van der Waals surface area contributed by atoms with Crippen LogP contribution in [0.5, 0.6) is 0 Å². The normalized spacial score (nSPS) is 13.8. The first-order valence-corrected chi connectivity index (χ1v) is 17.6. The number of hydrogen-bond donors (Lipinski definition) is 0. The Labute approximate surface area is 296 Å². The number of benzene rings is 6. The zero-order chi connectivity index (χ0) is 34.2. The summed E-state index contributed by atoms with van der Waals surface area (Å²) >= 11 is 0. The summed E-state index contributed by atoms with van der Waals surface area (Å²) < 4.78 is 0. The molecule has 2 aliphatic carbocycles. The first kappa shape index (κ1) is 31.3. The molecule has 0 atom stereocenters. The maximum Gasteiger partial charge on any atom is -0.000741 e. The van der Waals surface area contributed by atoms with Gasteiger partial charge >= 0.3 is 0 Å². The Kier molecular flexibility index (Phi) is 8.23. The lowest BCUT2D eigenvalue weighted by Crippen LogP contribution is -1.98. The third-order valence-electron chi connectivity index (χ3n) is 10.2. The summed E-state index contributed by atoms with van der Waals surface area (Å²) in [6.45, 7) is 12.3. The molecule has 0 heteroatoms. The van der Waals surface area contributed by atoms with E-state index in [1.807, 2.05) is 12.2 Å². The fourth-order valence-electron chi connectivity index (χ4n) is 8.26. The molecule has 0 amide bonds. The van der Waals surface area contributed by atoms with E-state index in [0.717, 1.165) is 24.0 Å². The van der Waals surface area contributed by atoms with Gasteiger partial charge in [-0.25, -0.2) is 0 Å². The molecule has 0 saturated carbocycles. The average Bonchev–Trinajstić information content (AvgIpc) is 3.48. The van der Waals surface area contributed by atoms with E-state index < -0.39 is 0 Å². The molecule has 0 radical (unpaired) electrons. The Morgan fingerprint density at radius 2 is 1.34 bits per heavy atom. The molecule has 0 saturated heterocycles. The Morgan fingerprint density at radius 3 is 2.14 bits per heavy atom. The van der Waals surface area contributed by atoms with Crippen molar-refractivity contribution in [2.45, 2.75) is 26.7 Å². The van der Waals surface area contributed by atoms with E-state index >= 15 is 0 Å². The zero-order valence-corrected chi connectivity index (χ0v) is 28.8. The summed E-state index contributed by atoms with van der Waals surface area (Å²) in [7, 11) is 0. The van der Waals surface area contributed by atoms with Crippen LogP contribution in [0.25, 0.3) is 83.3 Å². The second-order valence-corrected chi connectivity index (χ2v) is 13.1. The molecule has 2 aliphatic rings. The molecule has 0 bridgehead atoms. The molecule has 0 fully saturated rings. The summed E-state index contributed by atoms with van der Waals surface area (Å²) in [6, 6.07) is 36.4. The van der Waals surface area contributed by atoms with Gasteiger partial charge in [0.05, 0.1) is 0 Å². The van der Waals surface area contributed by atoms with Crippen molar-refractivity contribution in [3.8, 4) is 44.5 Å². The van der Waals surface area contributed by atoms with E-state index in [0.29, 0.717) is 0 Å². The third-order valence-corrected chi connectivity index (χ3v) is 10.2. The minimum Gasteiger partial charge on any atom is -0.0990 e. The van der Waals surface area contributed by atoms with Gasteiger partial charge in [-0.05, 0) is 132 Å².